The van der Waals surface area contributed by atoms with E-state index in [0.717, 1.165) is 30.2 Å². The molecule has 0 aromatic heterocycles. The van der Waals surface area contributed by atoms with E-state index in [1.165, 1.54) is 6.07 Å². The van der Waals surface area contributed by atoms with E-state index >= 15 is 0 Å². The van der Waals surface area contributed by atoms with Crippen LogP contribution in [0, 0.1) is 5.82 Å². The molecule has 1 aliphatic rings. The minimum Gasteiger partial charge on any atom is -0.389 e. The molecular weight excluding hydrogens is 267 g/mol. The molecule has 1 saturated heterocycles. The van der Waals surface area contributed by atoms with Gasteiger partial charge >= 0.3 is 0 Å². The Morgan fingerprint density at radius 1 is 1.56 bits per heavy atom. The molecule has 0 aliphatic carbocycles. The smallest absolute Gasteiger partial charge is 0.124 e. The lowest BCUT2D eigenvalue weighted by atomic mass is 10.1. The van der Waals surface area contributed by atoms with Crippen molar-refractivity contribution >= 4 is 29.0 Å². The van der Waals surface area contributed by atoms with Gasteiger partial charge in [-0.25, -0.2) is 4.39 Å². The lowest BCUT2D eigenvalue weighted by Crippen LogP contribution is -2.39. The second-order valence-electron chi connectivity index (χ2n) is 4.61. The number of halogens is 1. The summed E-state index contributed by atoms with van der Waals surface area (Å²) in [6.07, 6.45) is 0. The van der Waals surface area contributed by atoms with Crippen molar-refractivity contribution in [2.75, 3.05) is 18.1 Å². The van der Waals surface area contributed by atoms with Crippen molar-refractivity contribution in [2.45, 2.75) is 19.5 Å². The zero-order valence-corrected chi connectivity index (χ0v) is 12.0. The van der Waals surface area contributed by atoms with E-state index in [-0.39, 0.29) is 10.8 Å². The largest absolute Gasteiger partial charge is 0.389 e. The summed E-state index contributed by atoms with van der Waals surface area (Å²) in [7, 11) is 0. The second kappa shape index (κ2) is 5.99. The van der Waals surface area contributed by atoms with Gasteiger partial charge in [-0.3, -0.25) is 4.90 Å². The highest BCUT2D eigenvalue weighted by Crippen LogP contribution is 2.19. The summed E-state index contributed by atoms with van der Waals surface area (Å²) in [5.41, 5.74) is 7.11. The molecule has 2 N–H and O–H groups in total. The lowest BCUT2D eigenvalue weighted by molar-refractivity contribution is 0.223. The minimum atomic E-state index is -0.269. The Morgan fingerprint density at radius 2 is 2.33 bits per heavy atom. The zero-order chi connectivity index (χ0) is 13.1. The molecule has 1 aromatic rings. The highest BCUT2D eigenvalue weighted by molar-refractivity contribution is 7.99. The summed E-state index contributed by atoms with van der Waals surface area (Å²) < 4.78 is 13.5. The first-order valence-electron chi connectivity index (χ1n) is 5.97. The molecule has 1 aromatic carbocycles. The molecule has 1 heterocycles. The van der Waals surface area contributed by atoms with Crippen LogP contribution >= 0.6 is 24.0 Å². The Hall–Kier alpha value is -0.650. The Labute approximate surface area is 117 Å². The van der Waals surface area contributed by atoms with Crippen LogP contribution in [0.5, 0.6) is 0 Å². The number of hydrogen-bond acceptors (Lipinski definition) is 3. The first-order valence-corrected chi connectivity index (χ1v) is 7.53. The van der Waals surface area contributed by atoms with Crippen LogP contribution in [-0.4, -0.2) is 34.0 Å². The molecule has 0 radical (unpaired) electrons. The average Bonchev–Trinajstić information content (AvgIpc) is 2.31. The van der Waals surface area contributed by atoms with Gasteiger partial charge in [0.1, 0.15) is 10.8 Å². The Bertz CT molecular complexity index is 451. The van der Waals surface area contributed by atoms with Crippen molar-refractivity contribution in [1.29, 1.82) is 0 Å². The number of thioether (sulfide) groups is 1. The standard InChI is InChI=1S/C13H17FN2S2/c1-9-8-18-3-2-16(9)7-10-4-11(13(15)17)6-12(14)5-10/h4-6,9H,2-3,7-8H2,1H3,(H2,15,17). The molecule has 0 spiro atoms. The van der Waals surface area contributed by atoms with E-state index in [4.69, 9.17) is 18.0 Å². The van der Waals surface area contributed by atoms with Crippen LogP contribution in [0.3, 0.4) is 0 Å². The van der Waals surface area contributed by atoms with E-state index in [1.807, 2.05) is 17.8 Å². The molecule has 0 bridgehead atoms. The summed E-state index contributed by atoms with van der Waals surface area (Å²) in [4.78, 5) is 2.62. The average molecular weight is 284 g/mol. The molecule has 1 atom stereocenters. The van der Waals surface area contributed by atoms with Gasteiger partial charge in [-0.1, -0.05) is 12.2 Å². The molecule has 5 heteroatoms. The number of rotatable bonds is 3. The molecule has 2 nitrogen and oxygen atoms in total. The zero-order valence-electron chi connectivity index (χ0n) is 10.4. The third kappa shape index (κ3) is 3.43. The first kappa shape index (κ1) is 13.8. The van der Waals surface area contributed by atoms with E-state index in [0.29, 0.717) is 11.6 Å². The highest BCUT2D eigenvalue weighted by Gasteiger charge is 2.19. The molecule has 18 heavy (non-hydrogen) atoms. The highest BCUT2D eigenvalue weighted by atomic mass is 32.2. The number of thiocarbonyl (C=S) groups is 1. The van der Waals surface area contributed by atoms with Crippen molar-refractivity contribution in [2.24, 2.45) is 5.73 Å². The van der Waals surface area contributed by atoms with E-state index in [9.17, 15) is 4.39 Å². The number of benzene rings is 1. The molecule has 0 amide bonds. The van der Waals surface area contributed by atoms with Crippen molar-refractivity contribution in [3.8, 4) is 0 Å². The SMILES string of the molecule is CC1CSCCN1Cc1cc(F)cc(C(N)=S)c1. The maximum absolute atomic E-state index is 13.5. The Balaban J connectivity index is 2.15. The Kier molecular flexibility index (Phi) is 4.59. The predicted octanol–water partition coefficient (Wildman–Crippen LogP) is 2.40. The lowest BCUT2D eigenvalue weighted by Gasteiger charge is -2.33. The summed E-state index contributed by atoms with van der Waals surface area (Å²) in [6.45, 7) is 4.01. The van der Waals surface area contributed by atoms with Gasteiger partial charge in [0.15, 0.2) is 0 Å². The quantitative estimate of drug-likeness (QED) is 0.863. The summed E-state index contributed by atoms with van der Waals surface area (Å²) in [5, 5.41) is 0. The van der Waals surface area contributed by atoms with E-state index in [2.05, 4.69) is 11.8 Å². The van der Waals surface area contributed by atoms with Crippen LogP contribution < -0.4 is 5.73 Å². The molecule has 1 unspecified atom stereocenters. The van der Waals surface area contributed by atoms with Gasteiger partial charge < -0.3 is 5.73 Å². The molecule has 98 valence electrons. The first-order chi connectivity index (χ1) is 8.56. The molecule has 2 rings (SSSR count). The van der Waals surface area contributed by atoms with Crippen LogP contribution in [0.1, 0.15) is 18.1 Å². The fourth-order valence-corrected chi connectivity index (χ4v) is 3.31. The van der Waals surface area contributed by atoms with Crippen LogP contribution in [0.2, 0.25) is 0 Å². The van der Waals surface area contributed by atoms with E-state index < -0.39 is 0 Å². The normalized spacial score (nSPS) is 20.9. The predicted molar refractivity (Wildman–Crippen MR) is 79.5 cm³/mol. The monoisotopic (exact) mass is 284 g/mol. The summed E-state index contributed by atoms with van der Waals surface area (Å²) in [5.74, 6) is 2.01. The van der Waals surface area contributed by atoms with Crippen LogP contribution in [0.4, 0.5) is 4.39 Å². The van der Waals surface area contributed by atoms with Crippen LogP contribution in [0.15, 0.2) is 18.2 Å². The molecule has 0 saturated carbocycles. The summed E-state index contributed by atoms with van der Waals surface area (Å²) in [6, 6.07) is 5.37. The fourth-order valence-electron chi connectivity index (χ4n) is 2.11. The molecule has 1 fully saturated rings. The van der Waals surface area contributed by atoms with Gasteiger partial charge in [-0.2, -0.15) is 11.8 Å². The number of nitrogens with two attached hydrogens (primary N) is 1. The Morgan fingerprint density at radius 3 is 3.00 bits per heavy atom. The van der Waals surface area contributed by atoms with Crippen molar-refractivity contribution < 1.29 is 4.39 Å². The van der Waals surface area contributed by atoms with Crippen molar-refractivity contribution in [1.82, 2.24) is 4.90 Å². The third-order valence-corrected chi connectivity index (χ3v) is 4.56. The van der Waals surface area contributed by atoms with Gasteiger partial charge in [0.25, 0.3) is 0 Å². The van der Waals surface area contributed by atoms with Crippen LogP contribution in [-0.2, 0) is 6.54 Å². The second-order valence-corrected chi connectivity index (χ2v) is 6.20. The topological polar surface area (TPSA) is 29.3 Å². The maximum atomic E-state index is 13.5. The maximum Gasteiger partial charge on any atom is 0.124 e. The van der Waals surface area contributed by atoms with Crippen molar-refractivity contribution in [3.05, 3.63) is 35.1 Å². The minimum absolute atomic E-state index is 0.248. The third-order valence-electron chi connectivity index (χ3n) is 3.13. The van der Waals surface area contributed by atoms with Crippen molar-refractivity contribution in [3.63, 3.8) is 0 Å². The van der Waals surface area contributed by atoms with Gasteiger partial charge in [0.05, 0.1) is 0 Å². The summed E-state index contributed by atoms with van der Waals surface area (Å²) >= 11 is 6.88. The number of hydrogen-bond donors (Lipinski definition) is 1. The van der Waals surface area contributed by atoms with Gasteiger partial charge in [-0.05, 0) is 30.7 Å². The fraction of sp³-hybridized carbons (Fsp3) is 0.462. The van der Waals surface area contributed by atoms with Gasteiger partial charge in [0, 0.05) is 36.2 Å². The van der Waals surface area contributed by atoms with Gasteiger partial charge in [0.2, 0.25) is 0 Å². The number of nitrogens with zero attached hydrogens (tertiary/aromatic N) is 1. The van der Waals surface area contributed by atoms with Crippen LogP contribution in [0.25, 0.3) is 0 Å². The molecule has 1 aliphatic heterocycles. The van der Waals surface area contributed by atoms with Gasteiger partial charge in [-0.15, -0.1) is 0 Å². The van der Waals surface area contributed by atoms with E-state index in [1.54, 1.807) is 6.07 Å². The molecular formula is C13H17FN2S2.